The highest BCUT2D eigenvalue weighted by molar-refractivity contribution is 6.16. The van der Waals surface area contributed by atoms with E-state index in [-0.39, 0.29) is 0 Å². The third-order valence-corrected chi connectivity index (χ3v) is 11.5. The first-order chi connectivity index (χ1) is 27.8. The summed E-state index contributed by atoms with van der Waals surface area (Å²) in [4.78, 5) is 10.9. The normalized spacial score (nSPS) is 11.9. The Labute approximate surface area is 322 Å². The maximum absolute atomic E-state index is 5.43. The fourth-order valence-corrected chi connectivity index (χ4v) is 8.88. The molecule has 0 atom stereocenters. The van der Waals surface area contributed by atoms with Gasteiger partial charge in [-0.3, -0.25) is 4.57 Å². The van der Waals surface area contributed by atoms with E-state index >= 15 is 0 Å². The van der Waals surface area contributed by atoms with Crippen molar-refractivity contribution in [2.24, 2.45) is 0 Å². The molecule has 4 nitrogen and oxygen atoms in total. The summed E-state index contributed by atoms with van der Waals surface area (Å²) in [6.07, 6.45) is 0. The molecule has 0 aliphatic heterocycles. The molecule has 0 spiro atoms. The Morgan fingerprint density at radius 3 is 1.64 bits per heavy atom. The highest BCUT2D eigenvalue weighted by Gasteiger charge is 2.20. The van der Waals surface area contributed by atoms with Crippen molar-refractivity contribution in [3.05, 3.63) is 194 Å². The summed E-state index contributed by atoms with van der Waals surface area (Å²) in [5.74, 6) is 0.658. The van der Waals surface area contributed by atoms with E-state index in [4.69, 9.17) is 9.97 Å². The van der Waals surface area contributed by atoms with Crippen LogP contribution in [0.5, 0.6) is 0 Å². The third-order valence-electron chi connectivity index (χ3n) is 11.5. The van der Waals surface area contributed by atoms with Gasteiger partial charge in [0.05, 0.1) is 33.3 Å². The molecule has 0 aliphatic rings. The number of aromatic nitrogens is 4. The Hall–Kier alpha value is -7.56. The predicted molar refractivity (Wildman–Crippen MR) is 234 cm³/mol. The van der Waals surface area contributed by atoms with Crippen LogP contribution in [0.1, 0.15) is 0 Å². The summed E-state index contributed by atoms with van der Waals surface area (Å²) >= 11 is 0. The fourth-order valence-electron chi connectivity index (χ4n) is 8.88. The van der Waals surface area contributed by atoms with Crippen LogP contribution in [0.15, 0.2) is 194 Å². The molecule has 4 heteroatoms. The van der Waals surface area contributed by atoms with Gasteiger partial charge in [0.25, 0.3) is 0 Å². The number of benzene rings is 9. The molecule has 56 heavy (non-hydrogen) atoms. The number of rotatable bonds is 4. The van der Waals surface area contributed by atoms with Crippen molar-refractivity contribution in [1.82, 2.24) is 19.1 Å². The van der Waals surface area contributed by atoms with E-state index in [0.717, 1.165) is 55.0 Å². The van der Waals surface area contributed by atoms with Gasteiger partial charge in [0, 0.05) is 43.6 Å². The van der Waals surface area contributed by atoms with Crippen LogP contribution >= 0.6 is 0 Å². The van der Waals surface area contributed by atoms with Gasteiger partial charge >= 0.3 is 0 Å². The molecule has 0 amide bonds. The molecule has 12 aromatic rings. The Kier molecular flexibility index (Phi) is 6.60. The van der Waals surface area contributed by atoms with Crippen molar-refractivity contribution in [3.63, 3.8) is 0 Å². The number of nitrogens with zero attached hydrogens (tertiary/aromatic N) is 4. The molecule has 0 saturated carbocycles. The fraction of sp³-hybridized carbons (Fsp3) is 0. The first-order valence-corrected chi connectivity index (χ1v) is 19.1. The molecule has 9 aromatic carbocycles. The van der Waals surface area contributed by atoms with Crippen LogP contribution in [-0.2, 0) is 0 Å². The van der Waals surface area contributed by atoms with Crippen molar-refractivity contribution < 1.29 is 0 Å². The second-order valence-electron chi connectivity index (χ2n) is 14.6. The average Bonchev–Trinajstić information content (AvgIpc) is 3.77. The van der Waals surface area contributed by atoms with E-state index in [1.165, 1.54) is 49.1 Å². The molecule has 0 N–H and O–H groups in total. The van der Waals surface area contributed by atoms with E-state index in [2.05, 4.69) is 203 Å². The van der Waals surface area contributed by atoms with Crippen LogP contribution < -0.4 is 0 Å². The number of fused-ring (bicyclic) bond motifs is 10. The van der Waals surface area contributed by atoms with Gasteiger partial charge in [-0.05, 0) is 87.9 Å². The predicted octanol–water partition coefficient (Wildman–Crippen LogP) is 13.5. The summed E-state index contributed by atoms with van der Waals surface area (Å²) in [7, 11) is 0. The zero-order valence-corrected chi connectivity index (χ0v) is 30.3. The summed E-state index contributed by atoms with van der Waals surface area (Å²) < 4.78 is 4.64. The van der Waals surface area contributed by atoms with Crippen LogP contribution in [0, 0.1) is 0 Å². The minimum Gasteiger partial charge on any atom is -0.309 e. The minimum absolute atomic E-state index is 0.658. The molecule has 3 heterocycles. The van der Waals surface area contributed by atoms with Gasteiger partial charge in [-0.25, -0.2) is 9.97 Å². The smallest absolute Gasteiger partial charge is 0.235 e. The maximum Gasteiger partial charge on any atom is 0.235 e. The maximum atomic E-state index is 5.43. The molecular formula is C52H32N4. The Morgan fingerprint density at radius 2 is 0.875 bits per heavy atom. The van der Waals surface area contributed by atoms with Crippen LogP contribution in [0.25, 0.3) is 110 Å². The lowest BCUT2D eigenvalue weighted by Crippen LogP contribution is -2.04. The van der Waals surface area contributed by atoms with Crippen molar-refractivity contribution in [2.45, 2.75) is 0 Å². The Balaban J connectivity index is 1.13. The largest absolute Gasteiger partial charge is 0.309 e. The highest BCUT2D eigenvalue weighted by Crippen LogP contribution is 2.40. The number of para-hydroxylation sites is 2. The van der Waals surface area contributed by atoms with Gasteiger partial charge in [0.1, 0.15) is 0 Å². The summed E-state index contributed by atoms with van der Waals surface area (Å²) in [6.45, 7) is 0. The lowest BCUT2D eigenvalue weighted by atomic mass is 10.00. The standard InChI is InChI=1S/C52H32N4/c1-3-14-34(15-4-1)50-42-26-23-33-13-9-10-20-40(33)51(42)54-52(53-50)56-48-28-25-38(31-44(48)45-29-35-16-7-8-17-36(35)32-49(45)56)37-24-27-47-43(30-37)41-21-11-12-22-46(41)55(47)39-18-5-2-6-19-39/h1-32H. The molecule has 260 valence electrons. The van der Waals surface area contributed by atoms with Gasteiger partial charge in [-0.1, -0.05) is 133 Å². The van der Waals surface area contributed by atoms with Crippen LogP contribution in [-0.4, -0.2) is 19.1 Å². The van der Waals surface area contributed by atoms with Gasteiger partial charge in [0.2, 0.25) is 5.95 Å². The molecular weight excluding hydrogens is 681 g/mol. The van der Waals surface area contributed by atoms with Crippen LogP contribution in [0.2, 0.25) is 0 Å². The lowest BCUT2D eigenvalue weighted by molar-refractivity contribution is 1.02. The highest BCUT2D eigenvalue weighted by atomic mass is 15.2. The molecule has 12 rings (SSSR count). The first kappa shape index (κ1) is 30.9. The summed E-state index contributed by atoms with van der Waals surface area (Å²) in [5.41, 5.74) is 11.0. The zero-order chi connectivity index (χ0) is 36.7. The first-order valence-electron chi connectivity index (χ1n) is 19.1. The van der Waals surface area contributed by atoms with Crippen LogP contribution in [0.3, 0.4) is 0 Å². The van der Waals surface area contributed by atoms with Gasteiger partial charge in [-0.15, -0.1) is 0 Å². The molecule has 0 fully saturated rings. The molecule has 0 aliphatic carbocycles. The van der Waals surface area contributed by atoms with E-state index in [1.807, 2.05) is 0 Å². The SMILES string of the molecule is c1ccc(-c2nc(-n3c4ccc(-c5ccc6c(c5)c5ccccc5n6-c5ccccc5)cc4c4cc5ccccc5cc43)nc3c2ccc2ccccc23)cc1. The topological polar surface area (TPSA) is 35.6 Å². The van der Waals surface area contributed by atoms with Gasteiger partial charge < -0.3 is 4.57 Å². The molecule has 0 saturated heterocycles. The quantitative estimate of drug-likeness (QED) is 0.170. The zero-order valence-electron chi connectivity index (χ0n) is 30.3. The van der Waals surface area contributed by atoms with Crippen molar-refractivity contribution >= 4 is 76.1 Å². The van der Waals surface area contributed by atoms with Crippen molar-refractivity contribution in [2.75, 3.05) is 0 Å². The average molecular weight is 713 g/mol. The molecule has 0 radical (unpaired) electrons. The third kappa shape index (κ3) is 4.60. The second kappa shape index (κ2) is 12.0. The molecule has 0 bridgehead atoms. The van der Waals surface area contributed by atoms with Gasteiger partial charge in [-0.2, -0.15) is 0 Å². The Morgan fingerprint density at radius 1 is 0.304 bits per heavy atom. The minimum atomic E-state index is 0.658. The van der Waals surface area contributed by atoms with E-state index < -0.39 is 0 Å². The van der Waals surface area contributed by atoms with E-state index in [0.29, 0.717) is 5.95 Å². The Bertz CT molecular complexity index is 3520. The van der Waals surface area contributed by atoms with E-state index in [1.54, 1.807) is 0 Å². The number of hydrogen-bond acceptors (Lipinski definition) is 2. The van der Waals surface area contributed by atoms with Crippen LogP contribution in [0.4, 0.5) is 0 Å². The number of hydrogen-bond donors (Lipinski definition) is 0. The summed E-state index contributed by atoms with van der Waals surface area (Å²) in [5, 5.41) is 10.5. The van der Waals surface area contributed by atoms with Crippen molar-refractivity contribution in [1.29, 1.82) is 0 Å². The monoisotopic (exact) mass is 712 g/mol. The van der Waals surface area contributed by atoms with E-state index in [9.17, 15) is 0 Å². The second-order valence-corrected chi connectivity index (χ2v) is 14.6. The lowest BCUT2D eigenvalue weighted by Gasteiger charge is -2.13. The van der Waals surface area contributed by atoms with Crippen molar-refractivity contribution in [3.8, 4) is 34.0 Å². The molecule has 0 unspecified atom stereocenters. The molecule has 3 aromatic heterocycles. The summed E-state index contributed by atoms with van der Waals surface area (Å²) in [6, 6.07) is 69.7. The van der Waals surface area contributed by atoms with Gasteiger partial charge in [0.15, 0.2) is 0 Å².